The summed E-state index contributed by atoms with van der Waals surface area (Å²) in [6.07, 6.45) is 0. The number of ether oxygens (including phenoxy) is 1. The number of pyridine rings is 1. The van der Waals surface area contributed by atoms with E-state index in [0.29, 0.717) is 29.3 Å². The summed E-state index contributed by atoms with van der Waals surface area (Å²) in [4.78, 5) is 29.4. The molecule has 9 heteroatoms. The van der Waals surface area contributed by atoms with Crippen molar-refractivity contribution in [2.75, 3.05) is 51.3 Å². The number of hydrogen-bond donors (Lipinski definition) is 1. The minimum Gasteiger partial charge on any atom is -0.462 e. The van der Waals surface area contributed by atoms with Gasteiger partial charge in [0.2, 0.25) is 5.43 Å². The van der Waals surface area contributed by atoms with Crippen LogP contribution in [0.1, 0.15) is 22.7 Å². The fraction of sp³-hybridized carbons (Fsp3) is 0.474. The van der Waals surface area contributed by atoms with Gasteiger partial charge in [-0.15, -0.1) is 0 Å². The van der Waals surface area contributed by atoms with Crippen LogP contribution in [0, 0.1) is 5.82 Å². The van der Waals surface area contributed by atoms with E-state index in [-0.39, 0.29) is 29.5 Å². The molecule has 7 nitrogen and oxygen atoms in total. The molecular weight excluding hydrogens is 385 g/mol. The van der Waals surface area contributed by atoms with Gasteiger partial charge in [-0.05, 0) is 26.1 Å². The lowest BCUT2D eigenvalue weighted by molar-refractivity contribution is 0.0517. The average molecular weight is 407 g/mol. The van der Waals surface area contributed by atoms with Crippen LogP contribution in [0.3, 0.4) is 0 Å². The van der Waals surface area contributed by atoms with Gasteiger partial charge >= 0.3 is 5.97 Å². The number of piperazine rings is 1. The molecule has 0 amide bonds. The molecule has 4 rings (SSSR count). The summed E-state index contributed by atoms with van der Waals surface area (Å²) in [7, 11) is 2.02. The number of fused-ring (bicyclic) bond motifs is 3. The second kappa shape index (κ2) is 7.38. The summed E-state index contributed by atoms with van der Waals surface area (Å²) in [5.74, 6) is -1.21. The molecule has 1 saturated heterocycles. The van der Waals surface area contributed by atoms with Crippen molar-refractivity contribution in [2.24, 2.45) is 0 Å². The first-order valence-corrected chi connectivity index (χ1v) is 10.1. The first kappa shape index (κ1) is 19.2. The Labute approximate surface area is 165 Å². The Hall–Kier alpha value is -2.10. The highest BCUT2D eigenvalue weighted by Crippen LogP contribution is 2.47. The third-order valence-electron chi connectivity index (χ3n) is 5.24. The Morgan fingerprint density at radius 2 is 2.04 bits per heavy atom. The number of aromatic nitrogens is 1. The average Bonchev–Trinajstić information content (AvgIpc) is 2.65. The van der Waals surface area contributed by atoms with Gasteiger partial charge in [0.05, 0.1) is 29.4 Å². The molecule has 150 valence electrons. The van der Waals surface area contributed by atoms with E-state index in [1.807, 2.05) is 11.9 Å². The Morgan fingerprint density at radius 1 is 1.32 bits per heavy atom. The number of rotatable bonds is 4. The Bertz CT molecular complexity index is 1000. The molecule has 0 saturated carbocycles. The van der Waals surface area contributed by atoms with Crippen molar-refractivity contribution >= 4 is 34.3 Å². The lowest BCUT2D eigenvalue weighted by Gasteiger charge is -2.36. The van der Waals surface area contributed by atoms with E-state index in [9.17, 15) is 19.1 Å². The minimum absolute atomic E-state index is 0.0872. The number of thioether (sulfide) groups is 1. The molecule has 28 heavy (non-hydrogen) atoms. The molecule has 0 aliphatic carbocycles. The van der Waals surface area contributed by atoms with Gasteiger partial charge < -0.3 is 24.2 Å². The van der Waals surface area contributed by atoms with E-state index in [1.165, 1.54) is 17.8 Å². The van der Waals surface area contributed by atoms with E-state index in [2.05, 4.69) is 4.90 Å². The van der Waals surface area contributed by atoms with Gasteiger partial charge in [0, 0.05) is 31.6 Å². The standard InChI is InChI=1S/C19H22FN3O4S/c1-3-27-19(26)16-17(25)11-8-12(20)14(22-6-4-21(2)5-7-22)9-13(11)23-15(10-24)28-18(16)23/h8-9,15,24H,3-7,10H2,1-2H3. The van der Waals surface area contributed by atoms with Crippen LogP contribution in [-0.2, 0) is 4.74 Å². The van der Waals surface area contributed by atoms with E-state index in [1.54, 1.807) is 17.6 Å². The summed E-state index contributed by atoms with van der Waals surface area (Å²) >= 11 is 1.25. The number of nitrogens with zero attached hydrogens (tertiary/aromatic N) is 3. The highest BCUT2D eigenvalue weighted by Gasteiger charge is 2.36. The van der Waals surface area contributed by atoms with Gasteiger partial charge in [0.15, 0.2) is 0 Å². The molecule has 0 radical (unpaired) electrons. The van der Waals surface area contributed by atoms with Crippen LogP contribution in [0.4, 0.5) is 10.1 Å². The number of carbonyl (C=O) groups is 1. The van der Waals surface area contributed by atoms with Gasteiger partial charge in [-0.1, -0.05) is 11.8 Å². The molecule has 2 aliphatic rings. The van der Waals surface area contributed by atoms with Crippen LogP contribution >= 0.6 is 11.8 Å². The second-order valence-corrected chi connectivity index (χ2v) is 8.13. The van der Waals surface area contributed by atoms with E-state index in [0.717, 1.165) is 13.1 Å². The maximum absolute atomic E-state index is 14.9. The van der Waals surface area contributed by atoms with Crippen molar-refractivity contribution in [1.82, 2.24) is 9.47 Å². The van der Waals surface area contributed by atoms with Crippen LogP contribution in [0.5, 0.6) is 0 Å². The zero-order valence-electron chi connectivity index (χ0n) is 15.8. The summed E-state index contributed by atoms with van der Waals surface area (Å²) < 4.78 is 21.7. The van der Waals surface area contributed by atoms with Crippen LogP contribution < -0.4 is 10.3 Å². The number of carbonyl (C=O) groups excluding carboxylic acids is 1. The number of esters is 1. The van der Waals surface area contributed by atoms with Gasteiger partial charge in [-0.3, -0.25) is 4.79 Å². The maximum atomic E-state index is 14.9. The lowest BCUT2D eigenvalue weighted by atomic mass is 10.1. The predicted molar refractivity (Wildman–Crippen MR) is 106 cm³/mol. The van der Waals surface area contributed by atoms with Crippen molar-refractivity contribution in [3.05, 3.63) is 33.7 Å². The number of benzene rings is 1. The lowest BCUT2D eigenvalue weighted by Crippen LogP contribution is -2.44. The third-order valence-corrected chi connectivity index (χ3v) is 6.50. The Balaban J connectivity index is 1.90. The summed E-state index contributed by atoms with van der Waals surface area (Å²) in [6, 6.07) is 2.87. The minimum atomic E-state index is -0.717. The van der Waals surface area contributed by atoms with Crippen LogP contribution in [0.15, 0.2) is 22.0 Å². The van der Waals surface area contributed by atoms with E-state index in [4.69, 9.17) is 4.74 Å². The Kier molecular flexibility index (Phi) is 5.07. The van der Waals surface area contributed by atoms with Gasteiger partial charge in [0.1, 0.15) is 16.8 Å². The predicted octanol–water partition coefficient (Wildman–Crippen LogP) is 1.67. The van der Waals surface area contributed by atoms with E-state index < -0.39 is 17.2 Å². The van der Waals surface area contributed by atoms with Crippen molar-refractivity contribution in [3.8, 4) is 0 Å². The number of aliphatic hydroxyl groups is 1. The molecule has 0 bridgehead atoms. The second-order valence-electron chi connectivity index (χ2n) is 6.97. The zero-order valence-corrected chi connectivity index (χ0v) is 16.6. The molecule has 2 aromatic rings. The molecule has 1 aromatic heterocycles. The van der Waals surface area contributed by atoms with Crippen molar-refractivity contribution in [3.63, 3.8) is 0 Å². The van der Waals surface area contributed by atoms with Gasteiger partial charge in [-0.2, -0.15) is 0 Å². The van der Waals surface area contributed by atoms with Crippen molar-refractivity contribution in [2.45, 2.75) is 17.3 Å². The molecule has 1 unspecified atom stereocenters. The monoisotopic (exact) mass is 407 g/mol. The summed E-state index contributed by atoms with van der Waals surface area (Å²) in [5, 5.41) is 9.94. The van der Waals surface area contributed by atoms with Crippen LogP contribution in [0.25, 0.3) is 10.9 Å². The number of aliphatic hydroxyl groups excluding tert-OH is 1. The molecule has 2 aliphatic heterocycles. The SMILES string of the molecule is CCOC(=O)c1c2n(c3cc(N4CCN(C)CC4)c(F)cc3c1=O)C(CO)S2. The normalized spacial score (nSPS) is 19.4. The third kappa shape index (κ3) is 2.98. The highest BCUT2D eigenvalue weighted by atomic mass is 32.2. The number of anilines is 1. The number of likely N-dealkylation sites (N-methyl/N-ethyl adjacent to an activating group) is 1. The summed E-state index contributed by atoms with van der Waals surface area (Å²) in [6.45, 7) is 4.68. The summed E-state index contributed by atoms with van der Waals surface area (Å²) in [5.41, 5.74) is 0.344. The fourth-order valence-electron chi connectivity index (χ4n) is 3.72. The van der Waals surface area contributed by atoms with Gasteiger partial charge in [0.25, 0.3) is 0 Å². The molecule has 1 aromatic carbocycles. The molecular formula is C19H22FN3O4S. The molecule has 1 atom stereocenters. The van der Waals surface area contributed by atoms with Crippen molar-refractivity contribution < 1.29 is 19.0 Å². The first-order valence-electron chi connectivity index (χ1n) is 9.26. The number of halogens is 1. The maximum Gasteiger partial charge on any atom is 0.344 e. The molecule has 1 fully saturated rings. The van der Waals surface area contributed by atoms with Gasteiger partial charge in [-0.25, -0.2) is 9.18 Å². The molecule has 3 heterocycles. The molecule has 0 spiro atoms. The Morgan fingerprint density at radius 3 is 2.68 bits per heavy atom. The van der Waals surface area contributed by atoms with Crippen LogP contribution in [0.2, 0.25) is 0 Å². The van der Waals surface area contributed by atoms with Crippen molar-refractivity contribution in [1.29, 1.82) is 0 Å². The van der Waals surface area contributed by atoms with Crippen LogP contribution in [-0.4, -0.2) is 67.0 Å². The smallest absolute Gasteiger partial charge is 0.344 e. The number of hydrogen-bond acceptors (Lipinski definition) is 7. The molecule has 1 N–H and O–H groups in total. The first-order chi connectivity index (χ1) is 13.5. The zero-order chi connectivity index (χ0) is 20.0. The fourth-order valence-corrected chi connectivity index (χ4v) is 4.85. The van der Waals surface area contributed by atoms with E-state index >= 15 is 0 Å². The largest absolute Gasteiger partial charge is 0.462 e. The topological polar surface area (TPSA) is 75.0 Å². The highest BCUT2D eigenvalue weighted by molar-refractivity contribution is 8.00. The quantitative estimate of drug-likeness (QED) is 0.773.